The Kier molecular flexibility index (Phi) is 6.43. The highest BCUT2D eigenvalue weighted by molar-refractivity contribution is 14.1. The summed E-state index contributed by atoms with van der Waals surface area (Å²) in [5.74, 6) is -0.711. The van der Waals surface area contributed by atoms with Gasteiger partial charge in [-0.25, -0.2) is 10.2 Å². The molecular weight excluding hydrogens is 473 g/mol. The number of halogens is 1. The summed E-state index contributed by atoms with van der Waals surface area (Å²) in [7, 11) is 0. The van der Waals surface area contributed by atoms with Gasteiger partial charge in [0.15, 0.2) is 6.61 Å². The number of carbonyl (C=O) groups excluding carboxylic acids is 1. The fraction of sp³-hybridized carbons (Fsp3) is 0.0500. The zero-order valence-corrected chi connectivity index (χ0v) is 16.7. The number of benzene rings is 2. The van der Waals surface area contributed by atoms with Crippen molar-refractivity contribution in [3.8, 4) is 11.4 Å². The average Bonchev–Trinajstić information content (AvgIpc) is 3.16. The van der Waals surface area contributed by atoms with Gasteiger partial charge in [0, 0.05) is 11.9 Å². The minimum atomic E-state index is -0.976. The number of hydrogen-bond acceptors (Lipinski definition) is 4. The van der Waals surface area contributed by atoms with Gasteiger partial charge >= 0.3 is 5.97 Å². The predicted molar refractivity (Wildman–Crippen MR) is 113 cm³/mol. The van der Waals surface area contributed by atoms with Gasteiger partial charge in [0.25, 0.3) is 5.91 Å². The summed E-state index contributed by atoms with van der Waals surface area (Å²) >= 11 is 2.14. The fourth-order valence-corrected chi connectivity index (χ4v) is 2.95. The van der Waals surface area contributed by atoms with Gasteiger partial charge in [0.2, 0.25) is 0 Å². The zero-order chi connectivity index (χ0) is 19.9. The average molecular weight is 489 g/mol. The van der Waals surface area contributed by atoms with Crippen LogP contribution in [0.25, 0.3) is 5.69 Å². The molecule has 0 aliphatic carbocycles. The molecule has 0 unspecified atom stereocenters. The van der Waals surface area contributed by atoms with Crippen LogP contribution < -0.4 is 10.2 Å². The van der Waals surface area contributed by atoms with Crippen LogP contribution in [0.3, 0.4) is 0 Å². The van der Waals surface area contributed by atoms with Crippen LogP contribution in [0, 0.1) is 3.57 Å². The number of hydrogen-bond donors (Lipinski definition) is 2. The van der Waals surface area contributed by atoms with Crippen LogP contribution in [0.4, 0.5) is 0 Å². The van der Waals surface area contributed by atoms with Crippen LogP contribution >= 0.6 is 22.6 Å². The topological polar surface area (TPSA) is 92.9 Å². The molecule has 0 atom stereocenters. The zero-order valence-electron chi connectivity index (χ0n) is 14.6. The highest BCUT2D eigenvalue weighted by Crippen LogP contribution is 2.19. The number of rotatable bonds is 7. The lowest BCUT2D eigenvalue weighted by Crippen LogP contribution is -2.24. The smallest absolute Gasteiger partial charge is 0.335 e. The minimum absolute atomic E-state index is 0.144. The number of nitrogens with one attached hydrogen (secondary N) is 1. The van der Waals surface area contributed by atoms with E-state index in [4.69, 9.17) is 9.84 Å². The molecule has 0 saturated carbocycles. The molecule has 142 valence electrons. The molecule has 0 aliphatic rings. The summed E-state index contributed by atoms with van der Waals surface area (Å²) in [5, 5.41) is 12.9. The highest BCUT2D eigenvalue weighted by Gasteiger charge is 2.06. The third-order valence-electron chi connectivity index (χ3n) is 3.75. The molecule has 2 aromatic carbocycles. The maximum absolute atomic E-state index is 11.9. The van der Waals surface area contributed by atoms with E-state index in [1.165, 1.54) is 18.3 Å². The molecule has 2 N–H and O–H groups in total. The first-order chi connectivity index (χ1) is 13.5. The standard InChI is InChI=1S/C20H16IN3O4/c21-17-5-1-2-6-18(17)28-13-19(25)23-22-12-16-4-3-11-24(16)15-9-7-14(8-10-15)20(26)27/h1-12H,13H2,(H,23,25)(H,26,27)/b22-12+. The Labute approximate surface area is 174 Å². The van der Waals surface area contributed by atoms with Crippen molar-refractivity contribution in [1.29, 1.82) is 0 Å². The molecule has 0 fully saturated rings. The van der Waals surface area contributed by atoms with Gasteiger partial charge in [-0.05, 0) is 71.1 Å². The fourth-order valence-electron chi connectivity index (χ4n) is 2.41. The molecule has 0 saturated heterocycles. The van der Waals surface area contributed by atoms with E-state index in [1.54, 1.807) is 18.2 Å². The van der Waals surface area contributed by atoms with Crippen molar-refractivity contribution in [3.05, 3.63) is 81.7 Å². The summed E-state index contributed by atoms with van der Waals surface area (Å²) in [5.41, 5.74) is 4.15. The Morgan fingerprint density at radius 2 is 1.86 bits per heavy atom. The normalized spacial score (nSPS) is 10.8. The van der Waals surface area contributed by atoms with Gasteiger partial charge in [0.05, 0.1) is 21.0 Å². The molecule has 7 nitrogen and oxygen atoms in total. The van der Waals surface area contributed by atoms with Crippen molar-refractivity contribution >= 4 is 40.7 Å². The van der Waals surface area contributed by atoms with Crippen molar-refractivity contribution in [1.82, 2.24) is 9.99 Å². The van der Waals surface area contributed by atoms with Gasteiger partial charge in [-0.2, -0.15) is 5.10 Å². The number of aromatic nitrogens is 1. The summed E-state index contributed by atoms with van der Waals surface area (Å²) in [6.07, 6.45) is 3.33. The maximum Gasteiger partial charge on any atom is 0.335 e. The minimum Gasteiger partial charge on any atom is -0.483 e. The quantitative estimate of drug-likeness (QED) is 0.303. The van der Waals surface area contributed by atoms with Crippen molar-refractivity contribution < 1.29 is 19.4 Å². The van der Waals surface area contributed by atoms with E-state index < -0.39 is 5.97 Å². The molecule has 0 aliphatic heterocycles. The van der Waals surface area contributed by atoms with E-state index in [2.05, 4.69) is 33.1 Å². The van der Waals surface area contributed by atoms with Gasteiger partial charge < -0.3 is 14.4 Å². The van der Waals surface area contributed by atoms with E-state index in [1.807, 2.05) is 41.1 Å². The maximum atomic E-state index is 11.9. The largest absolute Gasteiger partial charge is 0.483 e. The Morgan fingerprint density at radius 3 is 2.57 bits per heavy atom. The SMILES string of the molecule is O=C(COc1ccccc1I)N/N=C/c1cccn1-c1ccc(C(=O)O)cc1. The Hall–Kier alpha value is -3.14. The molecule has 3 aromatic rings. The second-order valence-corrected chi connectivity index (χ2v) is 6.83. The third kappa shape index (κ3) is 4.97. The van der Waals surface area contributed by atoms with Gasteiger partial charge in [-0.1, -0.05) is 12.1 Å². The van der Waals surface area contributed by atoms with E-state index in [0.717, 1.165) is 15.0 Å². The molecule has 3 rings (SSSR count). The number of para-hydroxylation sites is 1. The second kappa shape index (κ2) is 9.18. The molecule has 28 heavy (non-hydrogen) atoms. The van der Waals surface area contributed by atoms with E-state index >= 15 is 0 Å². The number of carboxylic acids is 1. The third-order valence-corrected chi connectivity index (χ3v) is 4.65. The van der Waals surface area contributed by atoms with E-state index in [9.17, 15) is 9.59 Å². The van der Waals surface area contributed by atoms with Crippen molar-refractivity contribution in [3.63, 3.8) is 0 Å². The van der Waals surface area contributed by atoms with Crippen molar-refractivity contribution in [2.75, 3.05) is 6.61 Å². The number of carbonyl (C=O) groups is 2. The molecule has 1 heterocycles. The van der Waals surface area contributed by atoms with Crippen LogP contribution in [-0.4, -0.2) is 34.4 Å². The van der Waals surface area contributed by atoms with Crippen molar-refractivity contribution in [2.24, 2.45) is 5.10 Å². The highest BCUT2D eigenvalue weighted by atomic mass is 127. The Bertz CT molecular complexity index is 1010. The van der Waals surface area contributed by atoms with E-state index in [0.29, 0.717) is 5.75 Å². The first kappa shape index (κ1) is 19.6. The number of carboxylic acid groups (broad SMARTS) is 1. The number of nitrogens with zero attached hydrogens (tertiary/aromatic N) is 2. The molecular formula is C20H16IN3O4. The number of hydrazone groups is 1. The summed E-state index contributed by atoms with van der Waals surface area (Å²) in [6.45, 7) is -0.144. The molecule has 0 spiro atoms. The number of ether oxygens (including phenoxy) is 1. The van der Waals surface area contributed by atoms with Gasteiger partial charge in [0.1, 0.15) is 5.75 Å². The monoisotopic (exact) mass is 489 g/mol. The van der Waals surface area contributed by atoms with Crippen LogP contribution in [0.2, 0.25) is 0 Å². The molecule has 1 aromatic heterocycles. The van der Waals surface area contributed by atoms with E-state index in [-0.39, 0.29) is 18.1 Å². The van der Waals surface area contributed by atoms with Crippen LogP contribution in [0.1, 0.15) is 16.1 Å². The second-order valence-electron chi connectivity index (χ2n) is 5.67. The molecule has 0 bridgehead atoms. The Morgan fingerprint density at radius 1 is 1.11 bits per heavy atom. The van der Waals surface area contributed by atoms with Crippen LogP contribution in [0.5, 0.6) is 5.75 Å². The lowest BCUT2D eigenvalue weighted by molar-refractivity contribution is -0.123. The lowest BCUT2D eigenvalue weighted by atomic mass is 10.2. The van der Waals surface area contributed by atoms with Crippen LogP contribution in [0.15, 0.2) is 72.0 Å². The Balaban J connectivity index is 1.59. The lowest BCUT2D eigenvalue weighted by Gasteiger charge is -2.07. The summed E-state index contributed by atoms with van der Waals surface area (Å²) < 4.78 is 8.21. The van der Waals surface area contributed by atoms with Crippen LogP contribution in [-0.2, 0) is 4.79 Å². The summed E-state index contributed by atoms with van der Waals surface area (Å²) in [6, 6.07) is 17.5. The first-order valence-electron chi connectivity index (χ1n) is 8.25. The molecule has 0 radical (unpaired) electrons. The summed E-state index contributed by atoms with van der Waals surface area (Å²) in [4.78, 5) is 22.9. The number of amides is 1. The predicted octanol–water partition coefficient (Wildman–Crippen LogP) is 3.31. The van der Waals surface area contributed by atoms with Gasteiger partial charge in [-0.15, -0.1) is 0 Å². The molecule has 1 amide bonds. The van der Waals surface area contributed by atoms with Crippen molar-refractivity contribution in [2.45, 2.75) is 0 Å². The number of aromatic carboxylic acids is 1. The first-order valence-corrected chi connectivity index (χ1v) is 9.33. The van der Waals surface area contributed by atoms with Gasteiger partial charge in [-0.3, -0.25) is 4.79 Å². The molecule has 8 heteroatoms.